The largest absolute Gasteiger partial charge is 0.340 e. The van der Waals surface area contributed by atoms with Crippen molar-refractivity contribution in [3.8, 4) is 0 Å². The van der Waals surface area contributed by atoms with Crippen molar-refractivity contribution in [2.45, 2.75) is 37.6 Å². The highest BCUT2D eigenvalue weighted by Gasteiger charge is 2.35. The first-order valence-corrected chi connectivity index (χ1v) is 11.0. The van der Waals surface area contributed by atoms with Crippen LogP contribution in [0.15, 0.2) is 31.0 Å². The second kappa shape index (κ2) is 7.87. The maximum absolute atomic E-state index is 12.8. The van der Waals surface area contributed by atoms with Crippen LogP contribution in [0.5, 0.6) is 0 Å². The summed E-state index contributed by atoms with van der Waals surface area (Å²) in [6.45, 7) is 8.40. The number of nitrogens with one attached hydrogen (secondary N) is 1. The number of carbonyl (C=O) groups is 2. The fourth-order valence-corrected chi connectivity index (χ4v) is 4.74. The number of aromatic amines is 1. The summed E-state index contributed by atoms with van der Waals surface area (Å²) in [7, 11) is 0. The van der Waals surface area contributed by atoms with Crippen molar-refractivity contribution >= 4 is 22.7 Å². The summed E-state index contributed by atoms with van der Waals surface area (Å²) < 4.78 is 0. The Hall–Kier alpha value is -2.67. The number of hydrogen-bond acceptors (Lipinski definition) is 4. The van der Waals surface area contributed by atoms with Gasteiger partial charge >= 0.3 is 0 Å². The van der Waals surface area contributed by atoms with E-state index in [2.05, 4.69) is 33.8 Å². The number of amides is 2. The highest BCUT2D eigenvalue weighted by atomic mass is 16.2. The van der Waals surface area contributed by atoms with Crippen molar-refractivity contribution in [1.82, 2.24) is 24.9 Å². The van der Waals surface area contributed by atoms with Gasteiger partial charge in [-0.3, -0.25) is 19.6 Å². The number of H-pyrrole nitrogens is 1. The second-order valence-electron chi connectivity index (χ2n) is 8.81. The predicted octanol–water partition coefficient (Wildman–Crippen LogP) is 1.91. The molecule has 0 atom stereocenters. The lowest BCUT2D eigenvalue weighted by molar-refractivity contribution is -0.136. The van der Waals surface area contributed by atoms with Crippen LogP contribution in [0.4, 0.5) is 0 Å². The van der Waals surface area contributed by atoms with Crippen molar-refractivity contribution in [1.29, 1.82) is 0 Å². The number of hydrogen-bond donors (Lipinski definition) is 1. The molecule has 158 valence electrons. The van der Waals surface area contributed by atoms with Gasteiger partial charge in [0.25, 0.3) is 0 Å². The van der Waals surface area contributed by atoms with E-state index >= 15 is 0 Å². The topological polar surface area (TPSA) is 72.5 Å². The Morgan fingerprint density at radius 2 is 1.90 bits per heavy atom. The summed E-state index contributed by atoms with van der Waals surface area (Å²) in [4.78, 5) is 30.7. The molecule has 1 aromatic heterocycles. The first-order chi connectivity index (χ1) is 14.6. The third kappa shape index (κ3) is 3.74. The van der Waals surface area contributed by atoms with E-state index in [0.717, 1.165) is 56.6 Å². The molecule has 2 aromatic rings. The first kappa shape index (κ1) is 19.3. The molecule has 5 rings (SSSR count). The van der Waals surface area contributed by atoms with Crippen LogP contribution < -0.4 is 0 Å². The molecule has 30 heavy (non-hydrogen) atoms. The fraction of sp³-hybridized carbons (Fsp3) is 0.522. The highest BCUT2D eigenvalue weighted by Crippen LogP contribution is 2.41. The number of fused-ring (bicyclic) bond motifs is 1. The summed E-state index contributed by atoms with van der Waals surface area (Å²) >= 11 is 0. The third-order valence-corrected chi connectivity index (χ3v) is 6.84. The van der Waals surface area contributed by atoms with Crippen molar-refractivity contribution in [2.24, 2.45) is 0 Å². The standard InChI is InChI=1S/C23H29N5O2/c1-2-21(29)28-14-20(15-28)26-7-9-27(10-8-26)22(30)6-5-17-11-18(16-3-4-16)12-19-13-24-25-23(17)19/h2,11-13,16,20H,1,3-10,14-15H2,(H,24,25). The first-order valence-electron chi connectivity index (χ1n) is 11.0. The summed E-state index contributed by atoms with van der Waals surface area (Å²) in [5, 5.41) is 8.47. The number of aromatic nitrogens is 2. The lowest BCUT2D eigenvalue weighted by Crippen LogP contribution is -2.64. The van der Waals surface area contributed by atoms with Crippen LogP contribution in [0.1, 0.15) is 36.3 Å². The lowest BCUT2D eigenvalue weighted by atomic mass is 10.00. The zero-order valence-electron chi connectivity index (χ0n) is 17.3. The zero-order chi connectivity index (χ0) is 20.7. The Balaban J connectivity index is 1.13. The van der Waals surface area contributed by atoms with Gasteiger partial charge in [0.2, 0.25) is 11.8 Å². The Labute approximate surface area is 176 Å². The van der Waals surface area contributed by atoms with Gasteiger partial charge in [-0.25, -0.2) is 0 Å². The van der Waals surface area contributed by atoms with E-state index in [1.54, 1.807) is 0 Å². The van der Waals surface area contributed by atoms with Gasteiger partial charge in [-0.1, -0.05) is 12.6 Å². The molecule has 0 radical (unpaired) electrons. The number of carbonyl (C=O) groups excluding carboxylic acids is 2. The molecule has 2 amide bonds. The van der Waals surface area contributed by atoms with Crippen LogP contribution in [-0.4, -0.2) is 82.0 Å². The molecular formula is C23H29N5O2. The molecule has 0 bridgehead atoms. The molecule has 0 spiro atoms. The smallest absolute Gasteiger partial charge is 0.246 e. The van der Waals surface area contributed by atoms with E-state index in [-0.39, 0.29) is 11.8 Å². The van der Waals surface area contributed by atoms with E-state index in [1.807, 2.05) is 16.0 Å². The minimum Gasteiger partial charge on any atom is -0.340 e. The minimum absolute atomic E-state index is 0.0113. The number of nitrogens with zero attached hydrogens (tertiary/aromatic N) is 4. The van der Waals surface area contributed by atoms with Crippen molar-refractivity contribution < 1.29 is 9.59 Å². The second-order valence-corrected chi connectivity index (χ2v) is 8.81. The van der Waals surface area contributed by atoms with Crippen molar-refractivity contribution in [2.75, 3.05) is 39.3 Å². The fourth-order valence-electron chi connectivity index (χ4n) is 4.74. The maximum Gasteiger partial charge on any atom is 0.246 e. The van der Waals surface area contributed by atoms with Gasteiger partial charge < -0.3 is 9.80 Å². The Kier molecular flexibility index (Phi) is 5.06. The van der Waals surface area contributed by atoms with Gasteiger partial charge in [0, 0.05) is 57.1 Å². The molecule has 7 heteroatoms. The Morgan fingerprint density at radius 3 is 2.60 bits per heavy atom. The summed E-state index contributed by atoms with van der Waals surface area (Å²) in [5.74, 6) is 0.935. The van der Waals surface area contributed by atoms with E-state index in [9.17, 15) is 9.59 Å². The molecule has 1 aliphatic carbocycles. The van der Waals surface area contributed by atoms with Gasteiger partial charge in [0.05, 0.1) is 11.7 Å². The molecular weight excluding hydrogens is 378 g/mol. The van der Waals surface area contributed by atoms with Crippen LogP contribution in [-0.2, 0) is 16.0 Å². The molecule has 3 fully saturated rings. The SMILES string of the molecule is C=CC(=O)N1CC(N2CCN(C(=O)CCc3cc(C4CC4)cc4cn[nH]c34)CC2)C1. The van der Waals surface area contributed by atoms with Crippen LogP contribution in [0.25, 0.3) is 10.9 Å². The lowest BCUT2D eigenvalue weighted by Gasteiger charge is -2.47. The third-order valence-electron chi connectivity index (χ3n) is 6.84. The predicted molar refractivity (Wildman–Crippen MR) is 115 cm³/mol. The van der Waals surface area contributed by atoms with Gasteiger partial charge in [0.1, 0.15) is 0 Å². The Bertz CT molecular complexity index is 965. The molecule has 1 aromatic carbocycles. The number of likely N-dealkylation sites (tertiary alicyclic amines) is 1. The van der Waals surface area contributed by atoms with Crippen LogP contribution in [0, 0.1) is 0 Å². The molecule has 7 nitrogen and oxygen atoms in total. The maximum atomic E-state index is 12.8. The summed E-state index contributed by atoms with van der Waals surface area (Å²) in [6.07, 6.45) is 7.09. The highest BCUT2D eigenvalue weighted by molar-refractivity contribution is 5.87. The normalized spacial score (nSPS) is 20.4. The molecule has 1 N–H and O–H groups in total. The Morgan fingerprint density at radius 1 is 1.13 bits per heavy atom. The van der Waals surface area contributed by atoms with E-state index in [1.165, 1.54) is 30.0 Å². The molecule has 0 unspecified atom stereocenters. The van der Waals surface area contributed by atoms with E-state index in [4.69, 9.17) is 0 Å². The molecule has 2 saturated heterocycles. The van der Waals surface area contributed by atoms with Gasteiger partial charge in [0.15, 0.2) is 0 Å². The monoisotopic (exact) mass is 407 g/mol. The molecule has 1 saturated carbocycles. The average molecular weight is 408 g/mol. The van der Waals surface area contributed by atoms with Crippen LogP contribution in [0.2, 0.25) is 0 Å². The summed E-state index contributed by atoms with van der Waals surface area (Å²) in [6, 6.07) is 4.94. The summed E-state index contributed by atoms with van der Waals surface area (Å²) in [5.41, 5.74) is 3.67. The van der Waals surface area contributed by atoms with E-state index in [0.29, 0.717) is 18.4 Å². The van der Waals surface area contributed by atoms with E-state index < -0.39 is 0 Å². The van der Waals surface area contributed by atoms with Gasteiger partial charge in [-0.15, -0.1) is 0 Å². The number of piperazine rings is 1. The van der Waals surface area contributed by atoms with Gasteiger partial charge in [-0.05, 0) is 48.4 Å². The van der Waals surface area contributed by atoms with Crippen LogP contribution >= 0.6 is 0 Å². The molecule has 3 heterocycles. The van der Waals surface area contributed by atoms with Crippen molar-refractivity contribution in [3.63, 3.8) is 0 Å². The van der Waals surface area contributed by atoms with Crippen LogP contribution in [0.3, 0.4) is 0 Å². The number of rotatable bonds is 6. The molecule has 2 aliphatic heterocycles. The minimum atomic E-state index is 0.0113. The number of aryl methyl sites for hydroxylation is 1. The van der Waals surface area contributed by atoms with Crippen molar-refractivity contribution in [3.05, 3.63) is 42.1 Å². The zero-order valence-corrected chi connectivity index (χ0v) is 17.3. The quantitative estimate of drug-likeness (QED) is 0.743. The number of benzene rings is 1. The van der Waals surface area contributed by atoms with Gasteiger partial charge in [-0.2, -0.15) is 5.10 Å². The average Bonchev–Trinajstić information content (AvgIpc) is 3.48. The molecule has 3 aliphatic rings.